The third-order valence-electron chi connectivity index (χ3n) is 1.05. The number of H-pyrrole nitrogens is 1. The average Bonchev–Trinajstić information content (AvgIpc) is 1.90. The summed E-state index contributed by atoms with van der Waals surface area (Å²) in [5.74, 6) is 0.942. The lowest BCUT2D eigenvalue weighted by Gasteiger charge is -2.05. The molecule has 0 aliphatic rings. The number of nitrogens with zero attached hydrogens (tertiary/aromatic N) is 2. The van der Waals surface area contributed by atoms with Gasteiger partial charge in [0, 0.05) is 14.1 Å². The van der Waals surface area contributed by atoms with E-state index in [1.807, 2.05) is 25.2 Å². The first-order valence-electron chi connectivity index (χ1n) is 2.80. The van der Waals surface area contributed by atoms with E-state index in [4.69, 9.17) is 0 Å². The van der Waals surface area contributed by atoms with Crippen molar-refractivity contribution < 1.29 is 4.98 Å². The largest absolute Gasteiger partial charge is 0.358 e. The fourth-order valence-electron chi connectivity index (χ4n) is 0.561. The van der Waals surface area contributed by atoms with Crippen LogP contribution in [-0.2, 0) is 0 Å². The van der Waals surface area contributed by atoms with Gasteiger partial charge in [-0.25, -0.2) is 9.97 Å². The van der Waals surface area contributed by atoms with Gasteiger partial charge in [-0.2, -0.15) is 0 Å². The van der Waals surface area contributed by atoms with Crippen molar-refractivity contribution in [1.29, 1.82) is 0 Å². The van der Waals surface area contributed by atoms with Crippen LogP contribution in [0.15, 0.2) is 18.6 Å². The molecular formula is C6H10N3+. The third kappa shape index (κ3) is 1.38. The lowest BCUT2D eigenvalue weighted by Crippen LogP contribution is -2.13. The molecular weight excluding hydrogens is 114 g/mol. The molecule has 9 heavy (non-hydrogen) atoms. The number of nitrogens with one attached hydrogen (secondary N) is 1. The first-order valence-corrected chi connectivity index (χ1v) is 2.80. The summed E-state index contributed by atoms with van der Waals surface area (Å²) in [5, 5.41) is 0. The van der Waals surface area contributed by atoms with Gasteiger partial charge in [-0.3, -0.25) is 0 Å². The average molecular weight is 124 g/mol. The van der Waals surface area contributed by atoms with Crippen molar-refractivity contribution in [2.75, 3.05) is 19.0 Å². The van der Waals surface area contributed by atoms with Crippen LogP contribution in [0.25, 0.3) is 0 Å². The molecule has 0 spiro atoms. The van der Waals surface area contributed by atoms with E-state index in [2.05, 4.69) is 9.97 Å². The summed E-state index contributed by atoms with van der Waals surface area (Å²) in [6, 6.07) is 0. The molecule has 0 amide bonds. The van der Waals surface area contributed by atoms with Crippen LogP contribution in [0.3, 0.4) is 0 Å². The van der Waals surface area contributed by atoms with Gasteiger partial charge in [-0.15, -0.1) is 0 Å². The van der Waals surface area contributed by atoms with Crippen LogP contribution in [0.2, 0.25) is 0 Å². The minimum absolute atomic E-state index is 0.942. The van der Waals surface area contributed by atoms with Crippen LogP contribution in [-0.4, -0.2) is 19.1 Å². The summed E-state index contributed by atoms with van der Waals surface area (Å²) < 4.78 is 0. The lowest BCUT2D eigenvalue weighted by atomic mass is 10.6. The minimum atomic E-state index is 0.942. The number of hydrogen-bond donors (Lipinski definition) is 0. The Balaban J connectivity index is 2.85. The molecule has 0 saturated heterocycles. The highest BCUT2D eigenvalue weighted by Crippen LogP contribution is 1.97. The highest BCUT2D eigenvalue weighted by molar-refractivity contribution is 5.29. The topological polar surface area (TPSA) is 30.3 Å². The summed E-state index contributed by atoms with van der Waals surface area (Å²) in [7, 11) is 3.91. The molecule has 0 aromatic carbocycles. The second-order valence-electron chi connectivity index (χ2n) is 2.01. The Kier molecular flexibility index (Phi) is 1.63. The molecule has 1 heterocycles. The van der Waals surface area contributed by atoms with Crippen molar-refractivity contribution in [2.24, 2.45) is 0 Å². The van der Waals surface area contributed by atoms with E-state index in [0.29, 0.717) is 0 Å². The molecule has 1 rings (SSSR count). The van der Waals surface area contributed by atoms with Crippen LogP contribution >= 0.6 is 0 Å². The molecule has 0 atom stereocenters. The van der Waals surface area contributed by atoms with E-state index in [9.17, 15) is 0 Å². The van der Waals surface area contributed by atoms with Gasteiger partial charge in [-0.1, -0.05) is 0 Å². The summed E-state index contributed by atoms with van der Waals surface area (Å²) in [4.78, 5) is 8.95. The second-order valence-corrected chi connectivity index (χ2v) is 2.01. The molecule has 1 aromatic heterocycles. The van der Waals surface area contributed by atoms with Gasteiger partial charge in [0.25, 0.3) is 0 Å². The monoisotopic (exact) mass is 124 g/mol. The van der Waals surface area contributed by atoms with E-state index in [0.717, 1.165) is 5.82 Å². The fraction of sp³-hybridized carbons (Fsp3) is 0.333. The van der Waals surface area contributed by atoms with Crippen molar-refractivity contribution in [2.45, 2.75) is 0 Å². The quantitative estimate of drug-likeness (QED) is 0.526. The standard InChI is InChI=1S/C6H9N3/c1-9(2)6-5-7-3-4-8-6/h3-5H,1-2H3/p+1. The van der Waals surface area contributed by atoms with Crippen LogP contribution in [0.5, 0.6) is 0 Å². The Morgan fingerprint density at radius 2 is 2.33 bits per heavy atom. The summed E-state index contributed by atoms with van der Waals surface area (Å²) in [6.45, 7) is 0. The van der Waals surface area contributed by atoms with E-state index in [-0.39, 0.29) is 0 Å². The van der Waals surface area contributed by atoms with Gasteiger partial charge < -0.3 is 4.90 Å². The molecule has 1 aromatic rings. The fourth-order valence-corrected chi connectivity index (χ4v) is 0.561. The van der Waals surface area contributed by atoms with Crippen molar-refractivity contribution >= 4 is 5.82 Å². The van der Waals surface area contributed by atoms with Gasteiger partial charge in [-0.05, 0) is 0 Å². The number of hydrogen-bond acceptors (Lipinski definition) is 2. The summed E-state index contributed by atoms with van der Waals surface area (Å²) >= 11 is 0. The van der Waals surface area contributed by atoms with Crippen molar-refractivity contribution in [3.8, 4) is 0 Å². The Hall–Kier alpha value is -1.12. The molecule has 0 aliphatic heterocycles. The SMILES string of the molecule is CN(C)c1c[nH+]ccn1. The maximum Gasteiger partial charge on any atom is 0.210 e. The molecule has 3 nitrogen and oxygen atoms in total. The molecule has 3 heteroatoms. The predicted octanol–water partition coefficient (Wildman–Crippen LogP) is -0.0383. The van der Waals surface area contributed by atoms with E-state index >= 15 is 0 Å². The van der Waals surface area contributed by atoms with Gasteiger partial charge in [0.15, 0.2) is 12.0 Å². The van der Waals surface area contributed by atoms with Crippen molar-refractivity contribution in [1.82, 2.24) is 4.98 Å². The van der Waals surface area contributed by atoms with Crippen LogP contribution < -0.4 is 9.88 Å². The Bertz CT molecular complexity index is 171. The zero-order valence-electron chi connectivity index (χ0n) is 5.63. The third-order valence-corrected chi connectivity index (χ3v) is 1.05. The first kappa shape index (κ1) is 6.01. The van der Waals surface area contributed by atoms with Crippen molar-refractivity contribution in [3.63, 3.8) is 0 Å². The summed E-state index contributed by atoms with van der Waals surface area (Å²) in [5.41, 5.74) is 0. The highest BCUT2D eigenvalue weighted by atomic mass is 15.1. The molecule has 0 fully saturated rings. The zero-order valence-corrected chi connectivity index (χ0v) is 5.63. The summed E-state index contributed by atoms with van der Waals surface area (Å²) in [6.07, 6.45) is 5.36. The van der Waals surface area contributed by atoms with Gasteiger partial charge in [0.1, 0.15) is 0 Å². The minimum Gasteiger partial charge on any atom is -0.358 e. The Labute approximate surface area is 54.4 Å². The Morgan fingerprint density at radius 3 is 2.67 bits per heavy atom. The molecule has 48 valence electrons. The van der Waals surface area contributed by atoms with Crippen LogP contribution in [0.4, 0.5) is 5.82 Å². The number of aromatic amines is 1. The van der Waals surface area contributed by atoms with Gasteiger partial charge in [0.2, 0.25) is 6.20 Å². The maximum atomic E-state index is 4.07. The van der Waals surface area contributed by atoms with Gasteiger partial charge >= 0.3 is 0 Å². The molecule has 0 aliphatic carbocycles. The van der Waals surface area contributed by atoms with E-state index in [1.54, 1.807) is 12.4 Å². The van der Waals surface area contributed by atoms with E-state index in [1.165, 1.54) is 0 Å². The predicted molar refractivity (Wildman–Crippen MR) is 35.1 cm³/mol. The van der Waals surface area contributed by atoms with Crippen LogP contribution in [0, 0.1) is 0 Å². The highest BCUT2D eigenvalue weighted by Gasteiger charge is 1.95. The van der Waals surface area contributed by atoms with Crippen molar-refractivity contribution in [3.05, 3.63) is 18.6 Å². The normalized spacial score (nSPS) is 9.11. The second kappa shape index (κ2) is 2.44. The lowest BCUT2D eigenvalue weighted by molar-refractivity contribution is -0.378. The Morgan fingerprint density at radius 1 is 1.56 bits per heavy atom. The molecule has 0 radical (unpaired) electrons. The zero-order chi connectivity index (χ0) is 6.69. The number of rotatable bonds is 1. The van der Waals surface area contributed by atoms with E-state index < -0.39 is 0 Å². The smallest absolute Gasteiger partial charge is 0.210 e. The van der Waals surface area contributed by atoms with Crippen LogP contribution in [0.1, 0.15) is 0 Å². The van der Waals surface area contributed by atoms with Gasteiger partial charge in [0.05, 0.1) is 6.20 Å². The number of anilines is 1. The number of aromatic nitrogens is 2. The molecule has 1 N–H and O–H groups in total. The first-order chi connectivity index (χ1) is 4.30. The molecule has 0 bridgehead atoms. The maximum absolute atomic E-state index is 4.07. The molecule has 0 unspecified atom stereocenters. The molecule has 0 saturated carbocycles.